The van der Waals surface area contributed by atoms with Crippen molar-refractivity contribution in [2.75, 3.05) is 7.05 Å². The van der Waals surface area contributed by atoms with E-state index in [1.807, 2.05) is 24.4 Å². The number of hydrogen-bond donors (Lipinski definition) is 1. The molecule has 0 aliphatic rings. The highest BCUT2D eigenvalue weighted by Crippen LogP contribution is 2.24. The number of fused-ring (bicyclic) bond motifs is 1. The maximum absolute atomic E-state index is 5.67. The summed E-state index contributed by atoms with van der Waals surface area (Å²) in [5.74, 6) is 0.603. The molecule has 0 amide bonds. The SMILES string of the molecule is Cc1nc(Cc2nn(C[NH+](C)[C@H](C)c3nc4ccccc4s3)c(=S)o2)cs1. The molecular formula is C18H20N5OS3+. The van der Waals surface area contributed by atoms with Crippen molar-refractivity contribution in [3.05, 3.63) is 56.1 Å². The van der Waals surface area contributed by atoms with Crippen LogP contribution in [0, 0.1) is 11.8 Å². The van der Waals surface area contributed by atoms with Crippen LogP contribution in [-0.4, -0.2) is 26.8 Å². The van der Waals surface area contributed by atoms with Crippen LogP contribution in [0.3, 0.4) is 0 Å². The van der Waals surface area contributed by atoms with Gasteiger partial charge in [0.25, 0.3) is 4.84 Å². The second-order valence-electron chi connectivity index (χ2n) is 6.54. The van der Waals surface area contributed by atoms with Crippen LogP contribution < -0.4 is 4.90 Å². The first-order valence-corrected chi connectivity index (χ1v) is 10.8. The van der Waals surface area contributed by atoms with Gasteiger partial charge in [0.2, 0.25) is 5.89 Å². The smallest absolute Gasteiger partial charge is 0.291 e. The highest BCUT2D eigenvalue weighted by molar-refractivity contribution is 7.71. The summed E-state index contributed by atoms with van der Waals surface area (Å²) in [7, 11) is 2.12. The molecule has 140 valence electrons. The molecule has 0 radical (unpaired) electrons. The minimum absolute atomic E-state index is 0.227. The number of nitrogens with zero attached hydrogens (tertiary/aromatic N) is 4. The fraction of sp³-hybridized carbons (Fsp3) is 0.333. The lowest BCUT2D eigenvalue weighted by Gasteiger charge is -2.19. The van der Waals surface area contributed by atoms with Gasteiger partial charge in [0, 0.05) is 5.38 Å². The zero-order chi connectivity index (χ0) is 19.0. The summed E-state index contributed by atoms with van der Waals surface area (Å²) >= 11 is 8.72. The molecule has 0 aliphatic heterocycles. The number of benzene rings is 1. The summed E-state index contributed by atoms with van der Waals surface area (Å²) < 4.78 is 8.63. The fourth-order valence-electron chi connectivity index (χ4n) is 2.82. The monoisotopic (exact) mass is 418 g/mol. The number of thiazole rings is 2. The average Bonchev–Trinajstić information content (AvgIpc) is 3.33. The van der Waals surface area contributed by atoms with Gasteiger partial charge in [-0.15, -0.1) is 27.8 Å². The van der Waals surface area contributed by atoms with E-state index >= 15 is 0 Å². The number of rotatable bonds is 6. The number of nitrogens with one attached hydrogen (secondary N) is 1. The highest BCUT2D eigenvalue weighted by atomic mass is 32.1. The van der Waals surface area contributed by atoms with Gasteiger partial charge in [-0.05, 0) is 38.2 Å². The van der Waals surface area contributed by atoms with Crippen LogP contribution in [-0.2, 0) is 13.1 Å². The maximum atomic E-state index is 5.67. The molecule has 0 saturated heterocycles. The van der Waals surface area contributed by atoms with E-state index in [1.54, 1.807) is 27.4 Å². The summed E-state index contributed by atoms with van der Waals surface area (Å²) in [6.07, 6.45) is 0.563. The molecule has 3 aromatic heterocycles. The molecule has 27 heavy (non-hydrogen) atoms. The third-order valence-electron chi connectivity index (χ3n) is 4.47. The van der Waals surface area contributed by atoms with Crippen LogP contribution in [0.5, 0.6) is 0 Å². The number of quaternary nitrogens is 1. The molecule has 0 spiro atoms. The van der Waals surface area contributed by atoms with Gasteiger partial charge in [0.1, 0.15) is 6.04 Å². The zero-order valence-electron chi connectivity index (χ0n) is 15.3. The van der Waals surface area contributed by atoms with Crippen molar-refractivity contribution in [2.24, 2.45) is 0 Å². The van der Waals surface area contributed by atoms with Crippen molar-refractivity contribution < 1.29 is 9.32 Å². The maximum Gasteiger partial charge on any atom is 0.291 e. The van der Waals surface area contributed by atoms with Crippen molar-refractivity contribution in [1.82, 2.24) is 19.7 Å². The topological polar surface area (TPSA) is 61.2 Å². The molecule has 1 unspecified atom stereocenters. The summed E-state index contributed by atoms with van der Waals surface area (Å²) in [6, 6.07) is 8.46. The van der Waals surface area contributed by atoms with Crippen molar-refractivity contribution >= 4 is 45.1 Å². The Bertz CT molecular complexity index is 1090. The van der Waals surface area contributed by atoms with Crippen LogP contribution in [0.15, 0.2) is 34.1 Å². The largest absolute Gasteiger partial charge is 0.413 e. The van der Waals surface area contributed by atoms with Crippen LogP contribution in [0.2, 0.25) is 0 Å². The molecule has 0 aliphatic carbocycles. The molecule has 4 rings (SSSR count). The van der Waals surface area contributed by atoms with E-state index < -0.39 is 0 Å². The summed E-state index contributed by atoms with van der Waals surface area (Å²) in [6.45, 7) is 4.79. The molecule has 0 saturated carbocycles. The summed E-state index contributed by atoms with van der Waals surface area (Å²) in [5.41, 5.74) is 2.01. The Kier molecular flexibility index (Phi) is 5.18. The Balaban J connectivity index is 1.48. The Labute approximate surface area is 170 Å². The van der Waals surface area contributed by atoms with E-state index in [2.05, 4.69) is 36.2 Å². The van der Waals surface area contributed by atoms with Gasteiger partial charge in [-0.2, -0.15) is 4.68 Å². The molecule has 1 N–H and O–H groups in total. The standard InChI is InChI=1S/C18H19N5OS3/c1-11(17-20-14-6-4-5-7-15(14)27-17)22(3)10-23-18(25)24-16(21-23)8-13-9-26-12(2)19-13/h4-7,9,11H,8,10H2,1-3H3/p+1/t11-/m1/s1. The normalized spacial score (nSPS) is 13.9. The van der Waals surface area contributed by atoms with E-state index in [4.69, 9.17) is 21.6 Å². The first-order valence-electron chi connectivity index (χ1n) is 8.65. The number of hydrogen-bond acceptors (Lipinski definition) is 7. The molecule has 1 aromatic carbocycles. The first-order chi connectivity index (χ1) is 13.0. The molecule has 9 heteroatoms. The number of para-hydroxylation sites is 1. The van der Waals surface area contributed by atoms with Crippen molar-refractivity contribution in [3.63, 3.8) is 0 Å². The highest BCUT2D eigenvalue weighted by Gasteiger charge is 2.21. The average molecular weight is 419 g/mol. The summed E-state index contributed by atoms with van der Waals surface area (Å²) in [4.78, 5) is 10.9. The van der Waals surface area contributed by atoms with Crippen molar-refractivity contribution in [2.45, 2.75) is 33.0 Å². The van der Waals surface area contributed by atoms with Gasteiger partial charge in [0.05, 0.1) is 34.4 Å². The molecule has 0 fully saturated rings. The predicted octanol–water partition coefficient (Wildman–Crippen LogP) is 3.40. The second kappa shape index (κ2) is 7.59. The molecular weight excluding hydrogens is 398 g/mol. The number of aromatic nitrogens is 4. The van der Waals surface area contributed by atoms with Gasteiger partial charge in [-0.25, -0.2) is 9.97 Å². The molecule has 2 atom stereocenters. The van der Waals surface area contributed by atoms with Crippen molar-refractivity contribution in [1.29, 1.82) is 0 Å². The van der Waals surface area contributed by atoms with Crippen LogP contribution in [0.25, 0.3) is 10.2 Å². The van der Waals surface area contributed by atoms with Crippen LogP contribution in [0.1, 0.15) is 34.6 Å². The van der Waals surface area contributed by atoms with Crippen molar-refractivity contribution in [3.8, 4) is 0 Å². The molecule has 4 aromatic rings. The quantitative estimate of drug-likeness (QED) is 0.486. The van der Waals surface area contributed by atoms with E-state index in [0.29, 0.717) is 23.8 Å². The molecule has 0 bridgehead atoms. The Morgan fingerprint density at radius 1 is 1.30 bits per heavy atom. The van der Waals surface area contributed by atoms with Crippen LogP contribution >= 0.6 is 34.9 Å². The third-order valence-corrected chi connectivity index (χ3v) is 6.80. The predicted molar refractivity (Wildman–Crippen MR) is 110 cm³/mol. The zero-order valence-corrected chi connectivity index (χ0v) is 17.7. The fourth-order valence-corrected chi connectivity index (χ4v) is 4.75. The molecule has 6 nitrogen and oxygen atoms in total. The van der Waals surface area contributed by atoms with Gasteiger partial charge in [0.15, 0.2) is 11.7 Å². The van der Waals surface area contributed by atoms with Gasteiger partial charge in [-0.3, -0.25) is 0 Å². The van der Waals surface area contributed by atoms with Gasteiger partial charge in [-0.1, -0.05) is 12.1 Å². The van der Waals surface area contributed by atoms with E-state index in [1.165, 1.54) is 9.60 Å². The first kappa shape index (κ1) is 18.4. The van der Waals surface area contributed by atoms with E-state index in [0.717, 1.165) is 21.2 Å². The second-order valence-corrected chi connectivity index (χ2v) is 9.02. The lowest BCUT2D eigenvalue weighted by Crippen LogP contribution is -3.08. The Morgan fingerprint density at radius 2 is 2.11 bits per heavy atom. The van der Waals surface area contributed by atoms with E-state index in [-0.39, 0.29) is 6.04 Å². The Morgan fingerprint density at radius 3 is 2.85 bits per heavy atom. The van der Waals surface area contributed by atoms with E-state index in [9.17, 15) is 0 Å². The number of aryl methyl sites for hydroxylation is 1. The minimum atomic E-state index is 0.227. The summed E-state index contributed by atoms with van der Waals surface area (Å²) in [5, 5.41) is 8.72. The van der Waals surface area contributed by atoms with Gasteiger partial charge >= 0.3 is 0 Å². The van der Waals surface area contributed by atoms with Crippen LogP contribution in [0.4, 0.5) is 0 Å². The lowest BCUT2D eigenvalue weighted by atomic mass is 10.3. The molecule has 3 heterocycles. The lowest BCUT2D eigenvalue weighted by molar-refractivity contribution is -0.933. The minimum Gasteiger partial charge on any atom is -0.413 e. The third kappa shape index (κ3) is 4.01. The Hall–Kier alpha value is -1.94. The van der Waals surface area contributed by atoms with Gasteiger partial charge < -0.3 is 9.32 Å².